The molecular formula is C13H15NO4. The number of hydrogen-bond donors (Lipinski definition) is 2. The lowest BCUT2D eigenvalue weighted by atomic mass is 10.1. The van der Waals surface area contributed by atoms with Gasteiger partial charge in [-0.1, -0.05) is 30.3 Å². The minimum Gasteiger partial charge on any atom is -0.480 e. The van der Waals surface area contributed by atoms with Crippen molar-refractivity contribution >= 4 is 17.7 Å². The number of benzene rings is 1. The van der Waals surface area contributed by atoms with E-state index in [1.165, 1.54) is 6.92 Å². The Morgan fingerprint density at radius 3 is 2.33 bits per heavy atom. The lowest BCUT2D eigenvalue weighted by Gasteiger charge is -2.08. The molecule has 0 spiro atoms. The summed E-state index contributed by atoms with van der Waals surface area (Å²) in [6, 6.07) is 7.72. The third-order valence-corrected chi connectivity index (χ3v) is 2.42. The molecule has 1 rings (SSSR count). The summed E-state index contributed by atoms with van der Waals surface area (Å²) in [6.45, 7) is 1.37. The molecule has 0 saturated heterocycles. The summed E-state index contributed by atoms with van der Waals surface area (Å²) >= 11 is 0. The number of amides is 1. The van der Waals surface area contributed by atoms with Crippen LogP contribution in [0.15, 0.2) is 30.3 Å². The maximum atomic E-state index is 11.7. The molecule has 5 heteroatoms. The number of ketones is 1. The Labute approximate surface area is 105 Å². The van der Waals surface area contributed by atoms with Crippen molar-refractivity contribution < 1.29 is 19.5 Å². The molecule has 0 fully saturated rings. The summed E-state index contributed by atoms with van der Waals surface area (Å²) < 4.78 is 0. The molecule has 0 aromatic heterocycles. The second kappa shape index (κ2) is 6.54. The number of Topliss-reactive ketones (excluding diaryl/α,β-unsaturated/α-hetero) is 1. The van der Waals surface area contributed by atoms with E-state index in [1.807, 2.05) is 0 Å². The number of carboxylic acids is 1. The van der Waals surface area contributed by atoms with Gasteiger partial charge in [-0.3, -0.25) is 14.4 Å². The van der Waals surface area contributed by atoms with E-state index in [9.17, 15) is 14.4 Å². The summed E-state index contributed by atoms with van der Waals surface area (Å²) in [5, 5.41) is 10.9. The van der Waals surface area contributed by atoms with Gasteiger partial charge in [0.25, 0.3) is 0 Å². The molecule has 1 aromatic carbocycles. The minimum atomic E-state index is -1.10. The largest absolute Gasteiger partial charge is 0.480 e. The first-order chi connectivity index (χ1) is 8.50. The second-order valence-electron chi connectivity index (χ2n) is 3.92. The fraction of sp³-hybridized carbons (Fsp3) is 0.308. The Morgan fingerprint density at radius 2 is 1.78 bits per heavy atom. The van der Waals surface area contributed by atoms with Crippen molar-refractivity contribution in [3.8, 4) is 0 Å². The number of carbonyl (C=O) groups is 3. The van der Waals surface area contributed by atoms with Gasteiger partial charge in [-0.15, -0.1) is 0 Å². The molecule has 0 saturated carbocycles. The zero-order valence-electron chi connectivity index (χ0n) is 10.1. The van der Waals surface area contributed by atoms with Crippen molar-refractivity contribution in [1.29, 1.82) is 0 Å². The predicted octanol–water partition coefficient (Wildman–Crippen LogP) is 1.24. The molecule has 1 atom stereocenters. The Morgan fingerprint density at radius 1 is 1.17 bits per heavy atom. The first-order valence-corrected chi connectivity index (χ1v) is 5.61. The van der Waals surface area contributed by atoms with Crippen molar-refractivity contribution in [2.45, 2.75) is 25.8 Å². The molecule has 0 aliphatic carbocycles. The number of rotatable bonds is 6. The van der Waals surface area contributed by atoms with Gasteiger partial charge in [0.2, 0.25) is 5.91 Å². The number of carbonyl (C=O) groups excluding carboxylic acids is 2. The zero-order valence-corrected chi connectivity index (χ0v) is 10.1. The summed E-state index contributed by atoms with van der Waals surface area (Å²) in [4.78, 5) is 33.6. The van der Waals surface area contributed by atoms with Crippen molar-refractivity contribution in [3.05, 3.63) is 35.9 Å². The highest BCUT2D eigenvalue weighted by Crippen LogP contribution is 2.05. The van der Waals surface area contributed by atoms with Gasteiger partial charge in [0.1, 0.15) is 6.04 Å². The molecule has 0 aliphatic rings. The van der Waals surface area contributed by atoms with E-state index in [-0.39, 0.29) is 18.6 Å². The maximum absolute atomic E-state index is 11.7. The lowest BCUT2D eigenvalue weighted by Crippen LogP contribution is -2.38. The molecule has 0 radical (unpaired) electrons. The highest BCUT2D eigenvalue weighted by molar-refractivity contribution is 5.98. The van der Waals surface area contributed by atoms with Crippen LogP contribution >= 0.6 is 0 Å². The SMILES string of the molecule is CC(NC(=O)CCC(=O)c1ccccc1)C(=O)O. The summed E-state index contributed by atoms with van der Waals surface area (Å²) in [5.74, 6) is -1.67. The van der Waals surface area contributed by atoms with Crippen molar-refractivity contribution in [2.75, 3.05) is 0 Å². The van der Waals surface area contributed by atoms with Crippen LogP contribution in [-0.2, 0) is 9.59 Å². The van der Waals surface area contributed by atoms with Gasteiger partial charge in [0.15, 0.2) is 5.78 Å². The van der Waals surface area contributed by atoms with Crippen LogP contribution in [-0.4, -0.2) is 28.8 Å². The van der Waals surface area contributed by atoms with Gasteiger partial charge in [-0.25, -0.2) is 0 Å². The fourth-order valence-corrected chi connectivity index (χ4v) is 1.37. The topological polar surface area (TPSA) is 83.5 Å². The molecule has 0 bridgehead atoms. The molecule has 1 unspecified atom stereocenters. The van der Waals surface area contributed by atoms with Crippen LogP contribution < -0.4 is 5.32 Å². The molecule has 0 aliphatic heterocycles. The Balaban J connectivity index is 2.40. The quantitative estimate of drug-likeness (QED) is 0.743. The molecule has 96 valence electrons. The van der Waals surface area contributed by atoms with Crippen LogP contribution in [0.3, 0.4) is 0 Å². The number of hydrogen-bond acceptors (Lipinski definition) is 3. The first kappa shape index (κ1) is 13.9. The average molecular weight is 249 g/mol. The second-order valence-corrected chi connectivity index (χ2v) is 3.92. The van der Waals surface area contributed by atoms with Crippen LogP contribution in [0.25, 0.3) is 0 Å². The third kappa shape index (κ3) is 4.37. The molecule has 0 heterocycles. The Kier molecular flexibility index (Phi) is 5.05. The van der Waals surface area contributed by atoms with E-state index in [1.54, 1.807) is 30.3 Å². The van der Waals surface area contributed by atoms with Gasteiger partial charge in [0, 0.05) is 18.4 Å². The van der Waals surface area contributed by atoms with Gasteiger partial charge in [-0.05, 0) is 6.92 Å². The highest BCUT2D eigenvalue weighted by Gasteiger charge is 2.15. The lowest BCUT2D eigenvalue weighted by molar-refractivity contribution is -0.141. The molecule has 1 aromatic rings. The number of nitrogens with one attached hydrogen (secondary N) is 1. The maximum Gasteiger partial charge on any atom is 0.325 e. The van der Waals surface area contributed by atoms with E-state index < -0.39 is 17.9 Å². The monoisotopic (exact) mass is 249 g/mol. The average Bonchev–Trinajstić information content (AvgIpc) is 2.36. The molecule has 1 amide bonds. The van der Waals surface area contributed by atoms with E-state index >= 15 is 0 Å². The zero-order chi connectivity index (χ0) is 13.5. The normalized spacial score (nSPS) is 11.6. The van der Waals surface area contributed by atoms with Crippen LogP contribution in [0.1, 0.15) is 30.1 Å². The van der Waals surface area contributed by atoms with Crippen molar-refractivity contribution in [3.63, 3.8) is 0 Å². The number of carboxylic acid groups (broad SMARTS) is 1. The summed E-state index contributed by atoms with van der Waals surface area (Å²) in [5.41, 5.74) is 0.552. The third-order valence-electron chi connectivity index (χ3n) is 2.42. The molecule has 18 heavy (non-hydrogen) atoms. The fourth-order valence-electron chi connectivity index (χ4n) is 1.37. The van der Waals surface area contributed by atoms with Gasteiger partial charge in [0.05, 0.1) is 0 Å². The van der Waals surface area contributed by atoms with E-state index in [0.717, 1.165) is 0 Å². The first-order valence-electron chi connectivity index (χ1n) is 5.61. The smallest absolute Gasteiger partial charge is 0.325 e. The van der Waals surface area contributed by atoms with Crippen LogP contribution in [0, 0.1) is 0 Å². The van der Waals surface area contributed by atoms with Crippen molar-refractivity contribution in [1.82, 2.24) is 5.32 Å². The van der Waals surface area contributed by atoms with Gasteiger partial charge >= 0.3 is 5.97 Å². The molecule has 2 N–H and O–H groups in total. The molecular weight excluding hydrogens is 234 g/mol. The van der Waals surface area contributed by atoms with Crippen LogP contribution in [0.5, 0.6) is 0 Å². The highest BCUT2D eigenvalue weighted by atomic mass is 16.4. The standard InChI is InChI=1S/C13H15NO4/c1-9(13(17)18)14-12(16)8-7-11(15)10-5-3-2-4-6-10/h2-6,9H,7-8H2,1H3,(H,14,16)(H,17,18). The Bertz CT molecular complexity index is 442. The predicted molar refractivity (Wildman–Crippen MR) is 65.2 cm³/mol. The summed E-state index contributed by atoms with van der Waals surface area (Å²) in [7, 11) is 0. The van der Waals surface area contributed by atoms with E-state index in [0.29, 0.717) is 5.56 Å². The Hall–Kier alpha value is -2.17. The minimum absolute atomic E-state index is 0.00858. The van der Waals surface area contributed by atoms with Crippen molar-refractivity contribution in [2.24, 2.45) is 0 Å². The van der Waals surface area contributed by atoms with Crippen LogP contribution in [0.4, 0.5) is 0 Å². The van der Waals surface area contributed by atoms with Gasteiger partial charge < -0.3 is 10.4 Å². The molecule has 5 nitrogen and oxygen atoms in total. The van der Waals surface area contributed by atoms with E-state index in [4.69, 9.17) is 5.11 Å². The van der Waals surface area contributed by atoms with Crippen LogP contribution in [0.2, 0.25) is 0 Å². The van der Waals surface area contributed by atoms with Gasteiger partial charge in [-0.2, -0.15) is 0 Å². The number of aliphatic carboxylic acids is 1. The summed E-state index contributed by atoms with van der Waals surface area (Å²) in [6.07, 6.45) is 0.0630. The van der Waals surface area contributed by atoms with E-state index in [2.05, 4.69) is 5.32 Å².